The van der Waals surface area contributed by atoms with Crippen LogP contribution in [0.5, 0.6) is 0 Å². The van der Waals surface area contributed by atoms with Crippen LogP contribution in [-0.2, 0) is 0 Å². The fourth-order valence-corrected chi connectivity index (χ4v) is 21.5. The van der Waals surface area contributed by atoms with Gasteiger partial charge in [0, 0.05) is 104 Å². The zero-order valence-electron chi connectivity index (χ0n) is 76.3. The molecule has 0 N–H and O–H groups in total. The van der Waals surface area contributed by atoms with E-state index in [0.717, 1.165) is 166 Å². The van der Waals surface area contributed by atoms with Crippen molar-refractivity contribution in [3.8, 4) is 102 Å². The Labute approximate surface area is 812 Å². The van der Waals surface area contributed by atoms with Gasteiger partial charge in [0.15, 0.2) is 28.9 Å². The Kier molecular flexibility index (Phi) is 19.0. The predicted octanol–water partition coefficient (Wildman–Crippen LogP) is 33.3. The highest BCUT2D eigenvalue weighted by Crippen LogP contribution is 2.49. The Hall–Kier alpha value is -19.4. The van der Waals surface area contributed by atoms with E-state index in [9.17, 15) is 0 Å². The van der Waals surface area contributed by atoms with Crippen molar-refractivity contribution in [2.45, 2.75) is 0 Å². The number of aromatic nitrogens is 11. The summed E-state index contributed by atoms with van der Waals surface area (Å²) in [5.41, 5.74) is 28.6. The van der Waals surface area contributed by atoms with E-state index in [1.807, 2.05) is 127 Å². The molecular formula is C129H79N11O2. The molecule has 662 valence electrons. The topological polar surface area (TPSA) is 136 Å². The Balaban J connectivity index is 0.000000105. The third-order valence-corrected chi connectivity index (χ3v) is 28.0. The number of furan rings is 2. The van der Waals surface area contributed by atoms with Crippen molar-refractivity contribution in [1.29, 1.82) is 0 Å². The highest BCUT2D eigenvalue weighted by atomic mass is 16.3. The first-order valence-corrected chi connectivity index (χ1v) is 47.8. The van der Waals surface area contributed by atoms with Gasteiger partial charge in [-0.3, -0.25) is 9.13 Å². The maximum absolute atomic E-state index is 6.72. The van der Waals surface area contributed by atoms with Crippen LogP contribution in [0.15, 0.2) is 488 Å². The molecule has 0 bridgehead atoms. The lowest BCUT2D eigenvalue weighted by Crippen LogP contribution is -2.03. The zero-order valence-corrected chi connectivity index (χ0v) is 76.3. The minimum absolute atomic E-state index is 0.627. The van der Waals surface area contributed by atoms with Crippen LogP contribution in [0.25, 0.3) is 277 Å². The van der Waals surface area contributed by atoms with Crippen molar-refractivity contribution < 1.29 is 8.83 Å². The van der Waals surface area contributed by atoms with Crippen LogP contribution >= 0.6 is 0 Å². The van der Waals surface area contributed by atoms with Crippen molar-refractivity contribution in [3.63, 3.8) is 0 Å². The lowest BCUT2D eigenvalue weighted by Gasteiger charge is -2.14. The van der Waals surface area contributed by atoms with Crippen LogP contribution in [-0.4, -0.2) is 53.2 Å². The number of rotatable bonds is 11. The Morgan fingerprint density at radius 3 is 1.24 bits per heavy atom. The molecule has 13 heteroatoms. The van der Waals surface area contributed by atoms with Gasteiger partial charge in [-0.25, -0.2) is 34.9 Å². The molecule has 0 radical (unpaired) electrons. The monoisotopic (exact) mass is 1810 g/mol. The normalized spacial score (nSPS) is 11.8. The van der Waals surface area contributed by atoms with Gasteiger partial charge in [-0.15, -0.1) is 0 Å². The van der Waals surface area contributed by atoms with Crippen LogP contribution in [0, 0.1) is 0 Å². The van der Waals surface area contributed by atoms with E-state index in [1.165, 1.54) is 87.1 Å². The molecule has 0 saturated carbocycles. The van der Waals surface area contributed by atoms with E-state index in [2.05, 4.69) is 370 Å². The predicted molar refractivity (Wildman–Crippen MR) is 584 cm³/mol. The second-order valence-electron chi connectivity index (χ2n) is 36.0. The fraction of sp³-hybridized carbons (Fsp3) is 0. The first-order chi connectivity index (χ1) is 70.4. The molecule has 9 aromatic heterocycles. The van der Waals surface area contributed by atoms with Gasteiger partial charge in [0.05, 0.1) is 71.8 Å². The average molecular weight is 1820 g/mol. The highest BCUT2D eigenvalue weighted by Gasteiger charge is 2.28. The second-order valence-corrected chi connectivity index (χ2v) is 36.0. The summed E-state index contributed by atoms with van der Waals surface area (Å²) >= 11 is 0. The summed E-state index contributed by atoms with van der Waals surface area (Å²) in [6, 6.07) is 167. The lowest BCUT2D eigenvalue weighted by molar-refractivity contribution is 0.671. The quantitative estimate of drug-likeness (QED) is 0.124. The van der Waals surface area contributed by atoms with Gasteiger partial charge in [-0.05, 0) is 171 Å². The molecule has 0 atom stereocenters. The van der Waals surface area contributed by atoms with Crippen LogP contribution in [0.4, 0.5) is 0 Å². The molecule has 0 spiro atoms. The molecule has 0 amide bonds. The molecule has 30 rings (SSSR count). The number of hydrogen-bond donors (Lipinski definition) is 0. The lowest BCUT2D eigenvalue weighted by atomic mass is 9.99. The number of benzene rings is 21. The third-order valence-electron chi connectivity index (χ3n) is 28.0. The fourth-order valence-electron chi connectivity index (χ4n) is 21.5. The van der Waals surface area contributed by atoms with Gasteiger partial charge in [0.25, 0.3) is 0 Å². The molecule has 0 fully saturated rings. The van der Waals surface area contributed by atoms with E-state index >= 15 is 0 Å². The molecule has 9 heterocycles. The van der Waals surface area contributed by atoms with E-state index < -0.39 is 0 Å². The standard InChI is InChI=1S/C48H30N4.C43H26N4O.C38H23N3O/c1-3-14-32(15-4-1)47-48(50-41-21-11-10-20-40(41)49-47)52-42-22-12-9-19-37(42)38-29-33(24-26-43(38)52)34-25-27-44-39(30-34)46-36-18-8-7-13-31(36)23-28-45(46)51(44)35-16-5-2-6-17-35;1-3-13-27(14-4-1)41-44-42(28-15-5-2-6-16-28)46-43(45-41)29-23-25-30(26-24-29)47-35-21-11-9-19-33(35)37-31-17-7-8-18-32(31)38-34-20-10-12-22-36(34)48-40(38)39(37)47;1-2-10-24(11-3-1)25-18-20-26(21-19-25)36-29-13-4-7-15-31(29)39-38(40-36)41-32-16-8-5-14-30(32)35-33(41)23-22-28-27-12-6-9-17-34(27)42-37(28)35/h1-30H;1-26H;1-23H. The van der Waals surface area contributed by atoms with Crippen LogP contribution < -0.4 is 0 Å². The molecule has 142 heavy (non-hydrogen) atoms. The number of hydrogen-bond acceptors (Lipinski definition) is 9. The molecule has 0 aliphatic rings. The van der Waals surface area contributed by atoms with E-state index in [1.54, 1.807) is 0 Å². The summed E-state index contributed by atoms with van der Waals surface area (Å²) in [5.74, 6) is 3.38. The van der Waals surface area contributed by atoms with Gasteiger partial charge >= 0.3 is 0 Å². The van der Waals surface area contributed by atoms with Gasteiger partial charge in [0.2, 0.25) is 5.95 Å². The van der Waals surface area contributed by atoms with Gasteiger partial charge in [-0.2, -0.15) is 0 Å². The Morgan fingerprint density at radius 2 is 0.585 bits per heavy atom. The van der Waals surface area contributed by atoms with Crippen LogP contribution in [0.1, 0.15) is 0 Å². The summed E-state index contributed by atoms with van der Waals surface area (Å²) in [6.07, 6.45) is 0. The van der Waals surface area contributed by atoms with Gasteiger partial charge in [0.1, 0.15) is 22.4 Å². The Bertz CT molecular complexity index is 10200. The van der Waals surface area contributed by atoms with Gasteiger partial charge in [-0.1, -0.05) is 352 Å². The SMILES string of the molecule is c1ccc(-c2ccc(-c3nc(-n4c5ccccc5c5c6oc7ccccc7c6ccc54)nc4ccccc34)cc2)cc1.c1ccc(-c2nc(-c3ccccc3)nc(-c3ccc(-n4c5ccccc5c5c6ccccc6c6c7ccccc7oc6c54)cc3)n2)cc1.c1ccc(-c2nc3ccccc3nc2-n2c3ccccc3c3cc(-c4ccc5c(c4)c4c6ccccc6ccc4n5-c4ccccc4)ccc32)cc1. The maximum atomic E-state index is 6.72. The first kappa shape index (κ1) is 81.0. The molecule has 0 aliphatic heterocycles. The molecular weight excluding hydrogens is 1740 g/mol. The summed E-state index contributed by atoms with van der Waals surface area (Å²) < 4.78 is 22.4. The van der Waals surface area contributed by atoms with E-state index in [4.69, 9.17) is 43.7 Å². The molecule has 0 aliphatic carbocycles. The third kappa shape index (κ3) is 13.3. The molecule has 30 aromatic rings. The molecule has 0 saturated heterocycles. The van der Waals surface area contributed by atoms with Crippen LogP contribution in [0.2, 0.25) is 0 Å². The van der Waals surface area contributed by atoms with Crippen molar-refractivity contribution in [2.24, 2.45) is 0 Å². The minimum Gasteiger partial charge on any atom is -0.455 e. The summed E-state index contributed by atoms with van der Waals surface area (Å²) in [6.45, 7) is 0. The molecule has 13 nitrogen and oxygen atoms in total. The van der Waals surface area contributed by atoms with E-state index in [0.29, 0.717) is 23.4 Å². The largest absolute Gasteiger partial charge is 0.455 e. The van der Waals surface area contributed by atoms with E-state index in [-0.39, 0.29) is 0 Å². The summed E-state index contributed by atoms with van der Waals surface area (Å²) in [5, 5.41) is 19.9. The minimum atomic E-state index is 0.627. The Morgan fingerprint density at radius 1 is 0.176 bits per heavy atom. The number of fused-ring (bicyclic) bond motifs is 27. The molecule has 0 unspecified atom stereocenters. The van der Waals surface area contributed by atoms with Crippen molar-refractivity contribution in [1.82, 2.24) is 53.2 Å². The number of nitrogens with zero attached hydrogens (tertiary/aromatic N) is 11. The smallest absolute Gasteiger partial charge is 0.235 e. The van der Waals surface area contributed by atoms with Crippen molar-refractivity contribution >= 4 is 175 Å². The summed E-state index contributed by atoms with van der Waals surface area (Å²) in [4.78, 5) is 35.6. The highest BCUT2D eigenvalue weighted by molar-refractivity contribution is 6.35. The maximum Gasteiger partial charge on any atom is 0.235 e. The second kappa shape index (κ2) is 33.3. The first-order valence-electron chi connectivity index (χ1n) is 47.8. The van der Waals surface area contributed by atoms with Crippen molar-refractivity contribution in [3.05, 3.63) is 479 Å². The van der Waals surface area contributed by atoms with Crippen molar-refractivity contribution in [2.75, 3.05) is 0 Å². The van der Waals surface area contributed by atoms with Gasteiger partial charge < -0.3 is 18.0 Å². The zero-order chi connectivity index (χ0) is 93.4. The number of para-hydroxylation sites is 9. The summed E-state index contributed by atoms with van der Waals surface area (Å²) in [7, 11) is 0. The van der Waals surface area contributed by atoms with Crippen LogP contribution in [0.3, 0.4) is 0 Å². The average Bonchev–Trinajstić information content (AvgIpc) is 1.54. The molecule has 21 aromatic carbocycles.